The Bertz CT molecular complexity index is 670. The van der Waals surface area contributed by atoms with E-state index in [-0.39, 0.29) is 12.0 Å². The van der Waals surface area contributed by atoms with E-state index in [1.165, 1.54) is 12.0 Å². The zero-order chi connectivity index (χ0) is 19.2. The average Bonchev–Trinajstić information content (AvgIpc) is 2.75. The van der Waals surface area contributed by atoms with Crippen LogP contribution in [0.5, 0.6) is 5.75 Å². The second-order valence-corrected chi connectivity index (χ2v) is 8.54. The molecule has 4 rings (SSSR count). The highest BCUT2D eigenvalue weighted by atomic mass is 16.5. The van der Waals surface area contributed by atoms with Crippen LogP contribution < -0.4 is 10.1 Å². The molecule has 2 atom stereocenters. The van der Waals surface area contributed by atoms with Gasteiger partial charge in [-0.15, -0.1) is 0 Å². The number of hydrogen-bond donors (Lipinski definition) is 2. The second kappa shape index (κ2) is 9.25. The normalized spacial score (nSPS) is 26.1. The predicted molar refractivity (Wildman–Crippen MR) is 114 cm³/mol. The van der Waals surface area contributed by atoms with Crippen LogP contribution in [0.3, 0.4) is 0 Å². The molecule has 1 saturated heterocycles. The molecular weight excluding hydrogens is 348 g/mol. The molecule has 1 saturated carbocycles. The van der Waals surface area contributed by atoms with Gasteiger partial charge < -0.3 is 20.1 Å². The number of rotatable bonds is 6. The van der Waals surface area contributed by atoms with Gasteiger partial charge in [-0.1, -0.05) is 49.6 Å². The molecule has 1 aromatic carbocycles. The molecule has 0 bridgehead atoms. The molecule has 0 spiro atoms. The average molecular weight is 383 g/mol. The summed E-state index contributed by atoms with van der Waals surface area (Å²) in [6.45, 7) is 5.15. The van der Waals surface area contributed by atoms with Crippen LogP contribution in [0.15, 0.2) is 48.6 Å². The Labute approximate surface area is 169 Å². The number of nitrogens with one attached hydrogen (secondary N) is 1. The molecule has 1 heterocycles. The van der Waals surface area contributed by atoms with E-state index in [0.717, 1.165) is 70.6 Å². The summed E-state index contributed by atoms with van der Waals surface area (Å²) in [5.41, 5.74) is 0.664. The number of nitrogens with zero attached hydrogens (tertiary/aromatic N) is 1. The van der Waals surface area contributed by atoms with Gasteiger partial charge in [-0.3, -0.25) is 0 Å². The maximum Gasteiger partial charge on any atom is 0.121 e. The summed E-state index contributed by atoms with van der Waals surface area (Å²) in [5, 5.41) is 15.0. The Morgan fingerprint density at radius 3 is 2.50 bits per heavy atom. The lowest BCUT2D eigenvalue weighted by molar-refractivity contribution is -0.0316. The van der Waals surface area contributed by atoms with Crippen molar-refractivity contribution in [1.29, 1.82) is 0 Å². The number of allylic oxidation sites excluding steroid dienone is 2. The van der Waals surface area contributed by atoms with Gasteiger partial charge in [-0.05, 0) is 36.6 Å². The summed E-state index contributed by atoms with van der Waals surface area (Å²) >= 11 is 0. The standard InChI is InChI=1S/C24H34N2O2/c27-24(13-5-2-6-14-24)23(19-26-17-15-25-16-18-26)20-9-11-22(12-10-20)28-21-7-3-1-4-8-21/h1,3-4,7,9-12,21,23,25,27H,2,5-6,8,13-19H2. The number of ether oxygens (including phenoxy) is 1. The van der Waals surface area contributed by atoms with Gasteiger partial charge in [-0.25, -0.2) is 0 Å². The van der Waals surface area contributed by atoms with Crippen LogP contribution >= 0.6 is 0 Å². The van der Waals surface area contributed by atoms with Crippen molar-refractivity contribution in [3.63, 3.8) is 0 Å². The first-order chi connectivity index (χ1) is 13.7. The van der Waals surface area contributed by atoms with Crippen molar-refractivity contribution in [2.45, 2.75) is 56.1 Å². The fourth-order valence-electron chi connectivity index (χ4n) is 4.85. The predicted octanol–water partition coefficient (Wildman–Crippen LogP) is 3.63. The number of hydrogen-bond acceptors (Lipinski definition) is 4. The van der Waals surface area contributed by atoms with E-state index < -0.39 is 5.60 Å². The van der Waals surface area contributed by atoms with Gasteiger partial charge in [0.2, 0.25) is 0 Å². The molecular formula is C24H34N2O2. The van der Waals surface area contributed by atoms with Crippen molar-refractivity contribution in [3.05, 3.63) is 54.1 Å². The Hall–Kier alpha value is -1.62. The van der Waals surface area contributed by atoms with Crippen molar-refractivity contribution >= 4 is 0 Å². The molecule has 3 aliphatic rings. The van der Waals surface area contributed by atoms with Crippen molar-refractivity contribution < 1.29 is 9.84 Å². The molecule has 2 unspecified atom stereocenters. The number of piperazine rings is 1. The Morgan fingerprint density at radius 2 is 1.82 bits per heavy atom. The first-order valence-electron chi connectivity index (χ1n) is 11.0. The molecule has 2 fully saturated rings. The molecule has 4 nitrogen and oxygen atoms in total. The van der Waals surface area contributed by atoms with E-state index in [1.807, 2.05) is 6.08 Å². The van der Waals surface area contributed by atoms with Crippen molar-refractivity contribution in [1.82, 2.24) is 10.2 Å². The highest BCUT2D eigenvalue weighted by Gasteiger charge is 2.39. The first kappa shape index (κ1) is 19.7. The van der Waals surface area contributed by atoms with Crippen LogP contribution in [-0.4, -0.2) is 54.4 Å². The van der Waals surface area contributed by atoms with Crippen molar-refractivity contribution in [2.75, 3.05) is 32.7 Å². The van der Waals surface area contributed by atoms with Gasteiger partial charge in [0.05, 0.1) is 5.60 Å². The summed E-state index contributed by atoms with van der Waals surface area (Å²) in [6.07, 6.45) is 14.8. The second-order valence-electron chi connectivity index (χ2n) is 8.54. The molecule has 0 aromatic heterocycles. The summed E-state index contributed by atoms with van der Waals surface area (Å²) in [6, 6.07) is 8.52. The minimum absolute atomic E-state index is 0.120. The summed E-state index contributed by atoms with van der Waals surface area (Å²) < 4.78 is 6.09. The van der Waals surface area contributed by atoms with Crippen LogP contribution in [0.25, 0.3) is 0 Å². The molecule has 1 aromatic rings. The van der Waals surface area contributed by atoms with E-state index in [0.29, 0.717) is 0 Å². The molecule has 4 heteroatoms. The van der Waals surface area contributed by atoms with E-state index in [2.05, 4.69) is 52.7 Å². The molecule has 0 radical (unpaired) electrons. The lowest BCUT2D eigenvalue weighted by Gasteiger charge is -2.42. The van der Waals surface area contributed by atoms with Crippen LogP contribution in [0.4, 0.5) is 0 Å². The van der Waals surface area contributed by atoms with E-state index in [9.17, 15) is 5.11 Å². The van der Waals surface area contributed by atoms with Crippen molar-refractivity contribution in [2.24, 2.45) is 0 Å². The third kappa shape index (κ3) is 4.86. The van der Waals surface area contributed by atoms with Gasteiger partial charge >= 0.3 is 0 Å². The van der Waals surface area contributed by atoms with Crippen molar-refractivity contribution in [3.8, 4) is 5.75 Å². The molecule has 0 amide bonds. The first-order valence-corrected chi connectivity index (χ1v) is 11.0. The molecule has 28 heavy (non-hydrogen) atoms. The Morgan fingerprint density at radius 1 is 1.07 bits per heavy atom. The largest absolute Gasteiger partial charge is 0.486 e. The summed E-state index contributed by atoms with van der Waals surface area (Å²) in [4.78, 5) is 2.51. The highest BCUT2D eigenvalue weighted by molar-refractivity contribution is 5.32. The fraction of sp³-hybridized carbons (Fsp3) is 0.583. The number of benzene rings is 1. The smallest absolute Gasteiger partial charge is 0.121 e. The third-order valence-corrected chi connectivity index (χ3v) is 6.53. The molecule has 2 N–H and O–H groups in total. The summed E-state index contributed by atoms with van der Waals surface area (Å²) in [5.74, 6) is 1.07. The van der Waals surface area contributed by atoms with Gasteiger partial charge in [0.1, 0.15) is 11.9 Å². The Balaban J connectivity index is 1.49. The zero-order valence-electron chi connectivity index (χ0n) is 16.9. The van der Waals surface area contributed by atoms with Crippen LogP contribution in [-0.2, 0) is 0 Å². The minimum Gasteiger partial charge on any atom is -0.486 e. The lowest BCUT2D eigenvalue weighted by Crippen LogP contribution is -2.49. The quantitative estimate of drug-likeness (QED) is 0.789. The summed E-state index contributed by atoms with van der Waals surface area (Å²) in [7, 11) is 0. The fourth-order valence-corrected chi connectivity index (χ4v) is 4.85. The van der Waals surface area contributed by atoms with Crippen LogP contribution in [0.1, 0.15) is 50.0 Å². The SMILES string of the molecule is OC1(C(CN2CCNCC2)c2ccc(OC3C=CC=CC3)cc2)CCCCC1. The Kier molecular flexibility index (Phi) is 6.50. The van der Waals surface area contributed by atoms with Gasteiger partial charge in [0, 0.05) is 45.1 Å². The molecule has 152 valence electrons. The van der Waals surface area contributed by atoms with Crippen LogP contribution in [0, 0.1) is 0 Å². The minimum atomic E-state index is -0.581. The van der Waals surface area contributed by atoms with E-state index in [1.54, 1.807) is 0 Å². The molecule has 1 aliphatic heterocycles. The van der Waals surface area contributed by atoms with Crippen LogP contribution in [0.2, 0.25) is 0 Å². The maximum atomic E-state index is 11.6. The van der Waals surface area contributed by atoms with E-state index in [4.69, 9.17) is 4.74 Å². The highest BCUT2D eigenvalue weighted by Crippen LogP contribution is 2.41. The monoisotopic (exact) mass is 382 g/mol. The van der Waals surface area contributed by atoms with Gasteiger partial charge in [-0.2, -0.15) is 0 Å². The third-order valence-electron chi connectivity index (χ3n) is 6.53. The topological polar surface area (TPSA) is 44.7 Å². The molecule has 2 aliphatic carbocycles. The number of aliphatic hydroxyl groups is 1. The van der Waals surface area contributed by atoms with Gasteiger partial charge in [0.15, 0.2) is 0 Å². The van der Waals surface area contributed by atoms with Gasteiger partial charge in [0.25, 0.3) is 0 Å². The van der Waals surface area contributed by atoms with E-state index >= 15 is 0 Å². The zero-order valence-corrected chi connectivity index (χ0v) is 16.9. The lowest BCUT2D eigenvalue weighted by atomic mass is 9.72. The maximum absolute atomic E-state index is 11.6.